The predicted octanol–water partition coefficient (Wildman–Crippen LogP) is 7.22. The summed E-state index contributed by atoms with van der Waals surface area (Å²) in [5.74, 6) is 0. The molecule has 0 rings (SSSR count). The van der Waals surface area contributed by atoms with Crippen LogP contribution < -0.4 is 0 Å². The van der Waals surface area contributed by atoms with E-state index >= 15 is 0 Å². The average molecular weight is 396 g/mol. The van der Waals surface area contributed by atoms with Crippen molar-refractivity contribution in [3.63, 3.8) is 0 Å². The molecule has 0 N–H and O–H groups in total. The van der Waals surface area contributed by atoms with E-state index in [-0.39, 0.29) is 16.0 Å². The SMILES string of the molecule is [Br][Mg][Br].[CH2]CCCCCCCCCCCCCC. The Bertz CT molecular complexity index is 109. The van der Waals surface area contributed by atoms with Crippen molar-refractivity contribution in [3.05, 3.63) is 6.92 Å². The Balaban J connectivity index is 0. The molecule has 0 unspecified atom stereocenters. The van der Waals surface area contributed by atoms with Crippen molar-refractivity contribution in [1.82, 2.24) is 0 Å². The van der Waals surface area contributed by atoms with E-state index in [4.69, 9.17) is 0 Å². The van der Waals surface area contributed by atoms with Gasteiger partial charge in [0.2, 0.25) is 0 Å². The Morgan fingerprint density at radius 3 is 1.22 bits per heavy atom. The first-order chi connectivity index (χ1) is 8.83. The second kappa shape index (κ2) is 23.8. The molecule has 0 aliphatic carbocycles. The first-order valence-corrected chi connectivity index (χ1v) is 15.5. The zero-order chi connectivity index (χ0) is 13.9. The molecular formula is C15H31Br2Mg. The zero-order valence-corrected chi connectivity index (χ0v) is 16.9. The molecule has 0 fully saturated rings. The van der Waals surface area contributed by atoms with Gasteiger partial charge in [0.1, 0.15) is 0 Å². The van der Waals surface area contributed by atoms with Crippen molar-refractivity contribution < 1.29 is 0 Å². The van der Waals surface area contributed by atoms with Gasteiger partial charge in [-0.25, -0.2) is 0 Å². The molecule has 0 saturated heterocycles. The lowest BCUT2D eigenvalue weighted by Crippen LogP contribution is -1.82. The molecule has 0 aromatic heterocycles. The molecule has 0 amide bonds. The molecule has 107 valence electrons. The first kappa shape index (κ1) is 22.0. The van der Waals surface area contributed by atoms with Gasteiger partial charge in [-0.3, -0.25) is 25.8 Å². The van der Waals surface area contributed by atoms with Crippen LogP contribution >= 0.6 is 25.8 Å². The molecule has 0 aromatic carbocycles. The van der Waals surface area contributed by atoms with Crippen LogP contribution in [-0.2, 0) is 0 Å². The summed E-state index contributed by atoms with van der Waals surface area (Å²) in [5.41, 5.74) is 0. The van der Waals surface area contributed by atoms with Crippen LogP contribution in [0.5, 0.6) is 0 Å². The Morgan fingerprint density at radius 2 is 0.944 bits per heavy atom. The highest BCUT2D eigenvalue weighted by Crippen LogP contribution is 2.12. The molecule has 0 heterocycles. The van der Waals surface area contributed by atoms with E-state index < -0.39 is 0 Å². The summed E-state index contributed by atoms with van der Waals surface area (Å²) in [4.78, 5) is 0. The smallest absolute Gasteiger partial charge is 0.280 e. The summed E-state index contributed by atoms with van der Waals surface area (Å²) in [5, 5.41) is 0. The van der Waals surface area contributed by atoms with Gasteiger partial charge < -0.3 is 0 Å². The van der Waals surface area contributed by atoms with Gasteiger partial charge in [0.05, 0.1) is 0 Å². The molecule has 1 radical (unpaired) electrons. The molecule has 0 aliphatic heterocycles. The van der Waals surface area contributed by atoms with Crippen LogP contribution in [0.4, 0.5) is 0 Å². The van der Waals surface area contributed by atoms with Crippen molar-refractivity contribution in [1.29, 1.82) is 0 Å². The van der Waals surface area contributed by atoms with Crippen LogP contribution in [0, 0.1) is 6.92 Å². The van der Waals surface area contributed by atoms with E-state index in [0.29, 0.717) is 0 Å². The summed E-state index contributed by atoms with van der Waals surface area (Å²) in [6.45, 7) is 6.15. The molecular weight excluding hydrogens is 364 g/mol. The Morgan fingerprint density at radius 1 is 0.667 bits per heavy atom. The van der Waals surface area contributed by atoms with E-state index in [1.807, 2.05) is 0 Å². The number of unbranched alkanes of at least 4 members (excludes halogenated alkanes) is 12. The van der Waals surface area contributed by atoms with Crippen molar-refractivity contribution in [3.8, 4) is 0 Å². The van der Waals surface area contributed by atoms with Gasteiger partial charge >= 0.3 is 16.0 Å². The fraction of sp³-hybridized carbons (Fsp3) is 0.933. The second-order valence-corrected chi connectivity index (χ2v) is 12.9. The topological polar surface area (TPSA) is 0 Å². The third kappa shape index (κ3) is 26.3. The highest BCUT2D eigenvalue weighted by molar-refractivity contribution is 9.47. The monoisotopic (exact) mass is 393 g/mol. The molecule has 18 heavy (non-hydrogen) atoms. The standard InChI is InChI=1S/C15H31.2BrH.Mg/c1-3-5-7-9-11-13-15-14-12-10-8-6-4-2;;;/h1,3-15H2,2H3;2*1H;/q;;;+2/p-2. The molecule has 3 heteroatoms. The maximum absolute atomic E-state index is 3.87. The third-order valence-electron chi connectivity index (χ3n) is 3.10. The minimum Gasteiger partial charge on any atom is -0.280 e. The highest BCUT2D eigenvalue weighted by atomic mass is 79.9. The van der Waals surface area contributed by atoms with Crippen molar-refractivity contribution in [2.24, 2.45) is 0 Å². The average Bonchev–Trinajstić information content (AvgIpc) is 2.37. The van der Waals surface area contributed by atoms with Gasteiger partial charge in [-0.15, -0.1) is 0 Å². The van der Waals surface area contributed by atoms with Gasteiger partial charge in [0.15, 0.2) is 0 Å². The van der Waals surface area contributed by atoms with Crippen molar-refractivity contribution in [2.75, 3.05) is 0 Å². The molecule has 0 nitrogen and oxygen atoms in total. The number of hydrogen-bond acceptors (Lipinski definition) is 0. The predicted molar refractivity (Wildman–Crippen MR) is 94.7 cm³/mol. The van der Waals surface area contributed by atoms with Crippen molar-refractivity contribution >= 4 is 41.8 Å². The highest BCUT2D eigenvalue weighted by Gasteiger charge is 1.92. The van der Waals surface area contributed by atoms with Gasteiger partial charge in [-0.05, 0) is 0 Å². The molecule has 0 spiro atoms. The van der Waals surface area contributed by atoms with E-state index in [0.717, 1.165) is 6.42 Å². The minimum atomic E-state index is 0.0417. The third-order valence-corrected chi connectivity index (χ3v) is 3.10. The summed E-state index contributed by atoms with van der Waals surface area (Å²) in [6.07, 6.45) is 18.3. The molecule has 0 aliphatic rings. The van der Waals surface area contributed by atoms with Crippen LogP contribution in [0.2, 0.25) is 0 Å². The van der Waals surface area contributed by atoms with Gasteiger partial charge in [0, 0.05) is 0 Å². The second-order valence-electron chi connectivity index (χ2n) is 4.84. The van der Waals surface area contributed by atoms with E-state index in [1.165, 1.54) is 77.0 Å². The van der Waals surface area contributed by atoms with E-state index in [9.17, 15) is 0 Å². The van der Waals surface area contributed by atoms with E-state index in [1.54, 1.807) is 0 Å². The Labute approximate surface area is 138 Å². The van der Waals surface area contributed by atoms with Gasteiger partial charge in [-0.1, -0.05) is 97.3 Å². The van der Waals surface area contributed by atoms with Crippen LogP contribution in [-0.4, -0.2) is 16.0 Å². The lowest BCUT2D eigenvalue weighted by Gasteiger charge is -2.01. The minimum absolute atomic E-state index is 0.0417. The zero-order valence-electron chi connectivity index (χ0n) is 12.4. The fourth-order valence-corrected chi connectivity index (χ4v) is 2.02. The summed E-state index contributed by atoms with van der Waals surface area (Å²) >= 11 is 6.44. The van der Waals surface area contributed by atoms with E-state index in [2.05, 4.69) is 39.6 Å². The molecule has 0 saturated carbocycles. The van der Waals surface area contributed by atoms with Crippen LogP contribution in [0.1, 0.15) is 90.4 Å². The lowest BCUT2D eigenvalue weighted by atomic mass is 10.1. The summed E-state index contributed by atoms with van der Waals surface area (Å²) in [7, 11) is 0. The number of hydrogen-bond donors (Lipinski definition) is 0. The quantitative estimate of drug-likeness (QED) is 0.242. The Kier molecular flexibility index (Phi) is 29.1. The van der Waals surface area contributed by atoms with Gasteiger partial charge in [-0.2, -0.15) is 0 Å². The summed E-state index contributed by atoms with van der Waals surface area (Å²) < 4.78 is 0. The van der Waals surface area contributed by atoms with Crippen LogP contribution in [0.15, 0.2) is 0 Å². The lowest BCUT2D eigenvalue weighted by molar-refractivity contribution is 0.545. The molecule has 0 bridgehead atoms. The normalized spacial score (nSPS) is 9.56. The maximum atomic E-state index is 3.87. The van der Waals surface area contributed by atoms with Crippen molar-refractivity contribution in [2.45, 2.75) is 90.4 Å². The number of halogens is 2. The molecule has 0 aromatic rings. The van der Waals surface area contributed by atoms with Gasteiger partial charge in [0.25, 0.3) is 0 Å². The maximum Gasteiger partial charge on any atom is 0.560 e. The fourth-order valence-electron chi connectivity index (χ4n) is 2.02. The Hall–Kier alpha value is 1.73. The van der Waals surface area contributed by atoms with Crippen LogP contribution in [0.3, 0.4) is 0 Å². The summed E-state index contributed by atoms with van der Waals surface area (Å²) in [6, 6.07) is 0. The largest absolute Gasteiger partial charge is 0.560 e. The van der Waals surface area contributed by atoms with Crippen LogP contribution in [0.25, 0.3) is 0 Å². The first-order valence-electron chi connectivity index (χ1n) is 7.74. The number of rotatable bonds is 12. The molecule has 0 atom stereocenters.